The number of benzene rings is 3. The molecule has 3 aromatic rings. The first-order valence-electron chi connectivity index (χ1n) is 13.0. The molecule has 0 saturated heterocycles. The molecule has 36 heavy (non-hydrogen) atoms. The highest BCUT2D eigenvalue weighted by molar-refractivity contribution is 5.53. The fraction of sp³-hybridized carbons (Fsp3) is 0.294. The second kappa shape index (κ2) is 13.5. The summed E-state index contributed by atoms with van der Waals surface area (Å²) in [7, 11) is 0. The molecule has 2 nitrogen and oxygen atoms in total. The predicted octanol–water partition coefficient (Wildman–Crippen LogP) is 8.05. The van der Waals surface area contributed by atoms with Crippen molar-refractivity contribution in [1.82, 2.24) is 5.32 Å². The molecule has 0 aliphatic rings. The van der Waals surface area contributed by atoms with Crippen LogP contribution in [-0.2, 0) is 19.3 Å². The van der Waals surface area contributed by atoms with E-state index in [-0.39, 0.29) is 0 Å². The zero-order chi connectivity index (χ0) is 25.9. The van der Waals surface area contributed by atoms with Gasteiger partial charge in [0.1, 0.15) is 0 Å². The molecule has 0 spiro atoms. The van der Waals surface area contributed by atoms with Gasteiger partial charge in [0, 0.05) is 24.5 Å². The van der Waals surface area contributed by atoms with Crippen LogP contribution in [0.1, 0.15) is 47.2 Å². The summed E-state index contributed by atoms with van der Waals surface area (Å²) in [6, 6.07) is 24.3. The summed E-state index contributed by atoms with van der Waals surface area (Å²) < 4.78 is 0. The van der Waals surface area contributed by atoms with Crippen LogP contribution in [0.15, 0.2) is 102 Å². The summed E-state index contributed by atoms with van der Waals surface area (Å²) in [5.74, 6) is 0. The van der Waals surface area contributed by atoms with Crippen LogP contribution in [0.5, 0.6) is 0 Å². The van der Waals surface area contributed by atoms with Crippen molar-refractivity contribution < 1.29 is 0 Å². The van der Waals surface area contributed by atoms with Crippen molar-refractivity contribution in [1.29, 1.82) is 0 Å². The zero-order valence-corrected chi connectivity index (χ0v) is 22.7. The van der Waals surface area contributed by atoms with Crippen LogP contribution in [0.2, 0.25) is 0 Å². The number of hydrogen-bond acceptors (Lipinski definition) is 2. The summed E-state index contributed by atoms with van der Waals surface area (Å²) in [6.45, 7) is 16.7. The topological polar surface area (TPSA) is 24.1 Å². The summed E-state index contributed by atoms with van der Waals surface area (Å²) in [5.41, 5.74) is 12.8. The Balaban J connectivity index is 1.54. The van der Waals surface area contributed by atoms with Gasteiger partial charge in [-0.3, -0.25) is 0 Å². The summed E-state index contributed by atoms with van der Waals surface area (Å²) in [6.07, 6.45) is 7.15. The highest BCUT2D eigenvalue weighted by Crippen LogP contribution is 2.20. The lowest BCUT2D eigenvalue weighted by molar-refractivity contribution is 0.781. The average Bonchev–Trinajstić information content (AvgIpc) is 2.87. The first-order valence-corrected chi connectivity index (χ1v) is 13.0. The Morgan fingerprint density at radius 3 is 1.86 bits per heavy atom. The van der Waals surface area contributed by atoms with Gasteiger partial charge in [-0.2, -0.15) is 0 Å². The van der Waals surface area contributed by atoms with Gasteiger partial charge in [-0.25, -0.2) is 0 Å². The molecular formula is C34H42N2. The minimum Gasteiger partial charge on any atom is -0.388 e. The fourth-order valence-corrected chi connectivity index (χ4v) is 4.22. The number of rotatable bonds is 12. The average molecular weight is 479 g/mol. The summed E-state index contributed by atoms with van der Waals surface area (Å²) in [5, 5.41) is 7.18. The Bertz CT molecular complexity index is 1190. The highest BCUT2D eigenvalue weighted by Gasteiger charge is 2.04. The minimum atomic E-state index is 0.877. The first kappa shape index (κ1) is 27.1. The molecule has 0 saturated carbocycles. The summed E-state index contributed by atoms with van der Waals surface area (Å²) >= 11 is 0. The van der Waals surface area contributed by atoms with Crippen molar-refractivity contribution in [3.05, 3.63) is 136 Å². The largest absolute Gasteiger partial charge is 0.388 e. The molecule has 0 aliphatic heterocycles. The number of allylic oxidation sites excluding steroid dienone is 5. The van der Waals surface area contributed by atoms with Gasteiger partial charge in [-0.15, -0.1) is 0 Å². The molecule has 2 heteroatoms. The maximum atomic E-state index is 4.07. The lowest BCUT2D eigenvalue weighted by Gasteiger charge is -2.13. The van der Waals surface area contributed by atoms with E-state index in [1.807, 2.05) is 6.08 Å². The lowest BCUT2D eigenvalue weighted by Crippen LogP contribution is -2.16. The van der Waals surface area contributed by atoms with E-state index in [9.17, 15) is 0 Å². The predicted molar refractivity (Wildman–Crippen MR) is 158 cm³/mol. The van der Waals surface area contributed by atoms with Crippen molar-refractivity contribution in [3.63, 3.8) is 0 Å². The zero-order valence-electron chi connectivity index (χ0n) is 22.7. The van der Waals surface area contributed by atoms with Gasteiger partial charge < -0.3 is 10.6 Å². The van der Waals surface area contributed by atoms with E-state index in [0.717, 1.165) is 32.4 Å². The number of aryl methyl sites for hydroxylation is 3. The third-order valence-corrected chi connectivity index (χ3v) is 6.73. The quantitative estimate of drug-likeness (QED) is 0.257. The molecule has 0 heterocycles. The van der Waals surface area contributed by atoms with E-state index < -0.39 is 0 Å². The summed E-state index contributed by atoms with van der Waals surface area (Å²) in [4.78, 5) is 0. The standard InChI is InChI=1S/C34H42N2/c1-7-30(22-27(4)29(6)35-20-18-31-12-8-25(2)9-13-31)24-33-16-17-34(28(5)23-33)36-21-19-32-14-10-26(3)11-15-32/h7-17,22-23,35-36H,1,18-21,24H2,2-6H3/b29-27+,30-22+. The maximum absolute atomic E-state index is 4.07. The molecule has 0 fully saturated rings. The van der Waals surface area contributed by atoms with Crippen molar-refractivity contribution in [3.8, 4) is 0 Å². The number of nitrogens with one attached hydrogen (secondary N) is 2. The van der Waals surface area contributed by atoms with E-state index in [4.69, 9.17) is 0 Å². The lowest BCUT2D eigenvalue weighted by atomic mass is 10.00. The highest BCUT2D eigenvalue weighted by atomic mass is 14.9. The Morgan fingerprint density at radius 2 is 1.31 bits per heavy atom. The molecule has 0 radical (unpaired) electrons. The van der Waals surface area contributed by atoms with Gasteiger partial charge >= 0.3 is 0 Å². The van der Waals surface area contributed by atoms with Crippen molar-refractivity contribution >= 4 is 5.69 Å². The van der Waals surface area contributed by atoms with Gasteiger partial charge in [0.05, 0.1) is 0 Å². The van der Waals surface area contributed by atoms with Gasteiger partial charge in [0.25, 0.3) is 0 Å². The monoisotopic (exact) mass is 478 g/mol. The molecule has 0 aromatic heterocycles. The fourth-order valence-electron chi connectivity index (χ4n) is 4.22. The molecule has 0 bridgehead atoms. The molecule has 0 aliphatic carbocycles. The third-order valence-electron chi connectivity index (χ3n) is 6.73. The van der Waals surface area contributed by atoms with Crippen LogP contribution < -0.4 is 10.6 Å². The van der Waals surface area contributed by atoms with Crippen LogP contribution in [0.25, 0.3) is 0 Å². The van der Waals surface area contributed by atoms with Crippen LogP contribution in [0.4, 0.5) is 5.69 Å². The molecule has 3 aromatic carbocycles. The van der Waals surface area contributed by atoms with Gasteiger partial charge in [0.15, 0.2) is 0 Å². The second-order valence-corrected chi connectivity index (χ2v) is 9.88. The van der Waals surface area contributed by atoms with Crippen LogP contribution >= 0.6 is 0 Å². The van der Waals surface area contributed by atoms with Gasteiger partial charge in [0.2, 0.25) is 0 Å². The number of anilines is 1. The van der Waals surface area contributed by atoms with E-state index in [1.54, 1.807) is 0 Å². The Kier molecular flexibility index (Phi) is 10.2. The van der Waals surface area contributed by atoms with Crippen LogP contribution in [0.3, 0.4) is 0 Å². The molecule has 2 N–H and O–H groups in total. The molecule has 0 amide bonds. The van der Waals surface area contributed by atoms with Gasteiger partial charge in [-0.05, 0) is 93.3 Å². The maximum Gasteiger partial charge on any atom is 0.0370 e. The van der Waals surface area contributed by atoms with E-state index in [1.165, 1.54) is 55.9 Å². The first-order chi connectivity index (χ1) is 17.3. The van der Waals surface area contributed by atoms with Crippen molar-refractivity contribution in [2.75, 3.05) is 18.4 Å². The van der Waals surface area contributed by atoms with Crippen molar-refractivity contribution in [2.24, 2.45) is 0 Å². The normalized spacial score (nSPS) is 12.2. The van der Waals surface area contributed by atoms with Crippen LogP contribution in [-0.4, -0.2) is 13.1 Å². The Hall–Kier alpha value is -3.52. The molecular weight excluding hydrogens is 436 g/mol. The Morgan fingerprint density at radius 1 is 0.750 bits per heavy atom. The number of hydrogen-bond donors (Lipinski definition) is 2. The van der Waals surface area contributed by atoms with Crippen molar-refractivity contribution in [2.45, 2.75) is 53.9 Å². The second-order valence-electron chi connectivity index (χ2n) is 9.88. The third kappa shape index (κ3) is 8.61. The SMILES string of the molecule is C=C/C(=C\C(C)=C(/C)NCCc1ccc(C)cc1)Cc1ccc(NCCc2ccc(C)cc2)c(C)c1. The smallest absolute Gasteiger partial charge is 0.0370 e. The minimum absolute atomic E-state index is 0.877. The molecule has 188 valence electrons. The van der Waals surface area contributed by atoms with E-state index in [2.05, 4.69) is 125 Å². The van der Waals surface area contributed by atoms with Gasteiger partial charge in [-0.1, -0.05) is 90.5 Å². The molecule has 0 unspecified atom stereocenters. The van der Waals surface area contributed by atoms with Crippen LogP contribution in [0, 0.1) is 20.8 Å². The Labute approximate surface area is 218 Å². The molecule has 3 rings (SSSR count). The molecule has 0 atom stereocenters. The van der Waals surface area contributed by atoms with E-state index >= 15 is 0 Å². The van der Waals surface area contributed by atoms with E-state index in [0.29, 0.717) is 0 Å².